The Hall–Kier alpha value is -3.43. The van der Waals surface area contributed by atoms with Crippen LogP contribution in [0.15, 0.2) is 48.7 Å². The van der Waals surface area contributed by atoms with E-state index < -0.39 is 11.7 Å². The van der Waals surface area contributed by atoms with Gasteiger partial charge in [0.15, 0.2) is 0 Å². The van der Waals surface area contributed by atoms with Crippen molar-refractivity contribution in [2.75, 3.05) is 32.0 Å². The van der Waals surface area contributed by atoms with Crippen LogP contribution in [-0.2, 0) is 11.3 Å². The zero-order valence-corrected chi connectivity index (χ0v) is 20.6. The van der Waals surface area contributed by atoms with E-state index in [-0.39, 0.29) is 29.2 Å². The molecule has 2 aliphatic heterocycles. The van der Waals surface area contributed by atoms with Gasteiger partial charge in [0.05, 0.1) is 17.5 Å². The second-order valence-electron chi connectivity index (χ2n) is 9.75. The smallest absolute Gasteiger partial charge is 0.254 e. The standard InChI is InChI=1S/C28H31F2N5O2/c29-23-6-2-1-4-20(23)16-35-11-3-5-21(17-35)33-28(36)22-8-7-19(14-24(22)30)26-27(31)32-15-25(34-26)18-9-12-37-13-10-18/h1-2,4,6-8,14-15,18,21H,3,5,9-13,16-17H2,(H2,31,32)(H,33,36)/t21-/m1/s1. The average molecular weight is 508 g/mol. The highest BCUT2D eigenvalue weighted by Crippen LogP contribution is 2.30. The monoisotopic (exact) mass is 507 g/mol. The number of hydrogen-bond donors (Lipinski definition) is 2. The van der Waals surface area contributed by atoms with E-state index in [1.54, 1.807) is 24.4 Å². The van der Waals surface area contributed by atoms with Crippen LogP contribution in [0.1, 0.15) is 53.2 Å². The van der Waals surface area contributed by atoms with Gasteiger partial charge in [-0.05, 0) is 50.4 Å². The minimum Gasteiger partial charge on any atom is -0.382 e. The maximum atomic E-state index is 15.1. The summed E-state index contributed by atoms with van der Waals surface area (Å²) in [6, 6.07) is 10.9. The van der Waals surface area contributed by atoms with Crippen molar-refractivity contribution in [3.63, 3.8) is 0 Å². The minimum absolute atomic E-state index is 0.0397. The van der Waals surface area contributed by atoms with Gasteiger partial charge < -0.3 is 15.8 Å². The van der Waals surface area contributed by atoms with Crippen LogP contribution in [0, 0.1) is 11.6 Å². The van der Waals surface area contributed by atoms with E-state index in [4.69, 9.17) is 10.5 Å². The molecule has 37 heavy (non-hydrogen) atoms. The van der Waals surface area contributed by atoms with Gasteiger partial charge in [-0.1, -0.05) is 24.3 Å². The average Bonchev–Trinajstić information content (AvgIpc) is 2.91. The number of anilines is 1. The maximum absolute atomic E-state index is 15.1. The zero-order valence-electron chi connectivity index (χ0n) is 20.6. The normalized spacial score (nSPS) is 19.0. The van der Waals surface area contributed by atoms with Crippen molar-refractivity contribution >= 4 is 11.7 Å². The van der Waals surface area contributed by atoms with E-state index in [1.165, 1.54) is 18.2 Å². The van der Waals surface area contributed by atoms with Crippen LogP contribution in [0.2, 0.25) is 0 Å². The number of halogens is 2. The molecule has 194 valence electrons. The highest BCUT2D eigenvalue weighted by molar-refractivity contribution is 5.95. The second kappa shape index (κ2) is 11.3. The zero-order chi connectivity index (χ0) is 25.8. The predicted octanol–water partition coefficient (Wildman–Crippen LogP) is 4.29. The Balaban J connectivity index is 1.26. The summed E-state index contributed by atoms with van der Waals surface area (Å²) in [7, 11) is 0. The number of nitrogens with zero attached hydrogens (tertiary/aromatic N) is 3. The molecule has 0 radical (unpaired) electrons. The van der Waals surface area contributed by atoms with Gasteiger partial charge in [0.2, 0.25) is 0 Å². The first-order chi connectivity index (χ1) is 18.0. The third-order valence-electron chi connectivity index (χ3n) is 7.14. The summed E-state index contributed by atoms with van der Waals surface area (Å²) in [5, 5.41) is 2.95. The molecule has 2 saturated heterocycles. The topological polar surface area (TPSA) is 93.4 Å². The summed E-state index contributed by atoms with van der Waals surface area (Å²) in [5.74, 6) is -0.920. The number of likely N-dealkylation sites (tertiary alicyclic amines) is 1. The van der Waals surface area contributed by atoms with Crippen molar-refractivity contribution in [1.29, 1.82) is 0 Å². The first kappa shape index (κ1) is 25.2. The fourth-order valence-electron chi connectivity index (χ4n) is 5.11. The number of nitrogens with two attached hydrogens (primary N) is 1. The Labute approximate surface area is 215 Å². The number of aromatic nitrogens is 2. The molecule has 3 aromatic rings. The molecule has 0 bridgehead atoms. The largest absolute Gasteiger partial charge is 0.382 e. The molecule has 0 aliphatic carbocycles. The molecule has 0 unspecified atom stereocenters. The second-order valence-corrected chi connectivity index (χ2v) is 9.75. The molecule has 2 aliphatic rings. The van der Waals surface area contributed by atoms with Crippen LogP contribution < -0.4 is 11.1 Å². The summed E-state index contributed by atoms with van der Waals surface area (Å²) >= 11 is 0. The molecule has 3 N–H and O–H groups in total. The maximum Gasteiger partial charge on any atom is 0.254 e. The third-order valence-corrected chi connectivity index (χ3v) is 7.14. The minimum atomic E-state index is -0.647. The lowest BCUT2D eigenvalue weighted by molar-refractivity contribution is 0.0844. The fourth-order valence-corrected chi connectivity index (χ4v) is 5.11. The van der Waals surface area contributed by atoms with Crippen molar-refractivity contribution < 1.29 is 18.3 Å². The van der Waals surface area contributed by atoms with Crippen LogP contribution in [0.3, 0.4) is 0 Å². The lowest BCUT2D eigenvalue weighted by Gasteiger charge is -2.33. The molecule has 2 fully saturated rings. The van der Waals surface area contributed by atoms with Crippen molar-refractivity contribution in [2.24, 2.45) is 0 Å². The van der Waals surface area contributed by atoms with Gasteiger partial charge in [0.1, 0.15) is 23.1 Å². The number of hydrogen-bond acceptors (Lipinski definition) is 6. The molecule has 1 aromatic heterocycles. The Morgan fingerprint density at radius 2 is 1.92 bits per heavy atom. The van der Waals surface area contributed by atoms with Gasteiger partial charge in [0, 0.05) is 49.4 Å². The fraction of sp³-hybridized carbons (Fsp3) is 0.393. The summed E-state index contributed by atoms with van der Waals surface area (Å²) in [6.07, 6.45) is 5.02. The molecular formula is C28H31F2N5O2. The Morgan fingerprint density at radius 3 is 2.70 bits per heavy atom. The van der Waals surface area contributed by atoms with E-state index >= 15 is 4.39 Å². The van der Waals surface area contributed by atoms with Gasteiger partial charge in [-0.25, -0.2) is 18.7 Å². The first-order valence-electron chi connectivity index (χ1n) is 12.7. The summed E-state index contributed by atoms with van der Waals surface area (Å²) in [5.41, 5.74) is 8.35. The van der Waals surface area contributed by atoms with E-state index in [2.05, 4.69) is 20.2 Å². The van der Waals surface area contributed by atoms with E-state index in [0.717, 1.165) is 37.9 Å². The third kappa shape index (κ3) is 5.94. The van der Waals surface area contributed by atoms with Crippen LogP contribution in [0.5, 0.6) is 0 Å². The highest BCUT2D eigenvalue weighted by Gasteiger charge is 2.24. The van der Waals surface area contributed by atoms with Gasteiger partial charge >= 0.3 is 0 Å². The van der Waals surface area contributed by atoms with Crippen molar-refractivity contribution in [2.45, 2.75) is 44.2 Å². The highest BCUT2D eigenvalue weighted by atomic mass is 19.1. The lowest BCUT2D eigenvalue weighted by Crippen LogP contribution is -2.47. The number of carbonyl (C=O) groups is 1. The molecule has 7 nitrogen and oxygen atoms in total. The lowest BCUT2D eigenvalue weighted by atomic mass is 9.96. The van der Waals surface area contributed by atoms with E-state index in [0.29, 0.717) is 43.1 Å². The number of amides is 1. The number of benzene rings is 2. The van der Waals surface area contributed by atoms with Gasteiger partial charge in [-0.3, -0.25) is 9.69 Å². The molecule has 3 heterocycles. The number of nitrogens with one attached hydrogen (secondary N) is 1. The van der Waals surface area contributed by atoms with Crippen LogP contribution >= 0.6 is 0 Å². The molecule has 2 aromatic carbocycles. The molecule has 0 saturated carbocycles. The molecule has 5 rings (SSSR count). The quantitative estimate of drug-likeness (QED) is 0.517. The molecule has 9 heteroatoms. The molecule has 0 spiro atoms. The van der Waals surface area contributed by atoms with E-state index in [1.807, 2.05) is 6.07 Å². The van der Waals surface area contributed by atoms with Crippen molar-refractivity contribution in [3.05, 3.63) is 77.1 Å². The summed E-state index contributed by atoms with van der Waals surface area (Å²) < 4.78 is 34.6. The van der Waals surface area contributed by atoms with E-state index in [9.17, 15) is 9.18 Å². The number of rotatable bonds is 6. The van der Waals surface area contributed by atoms with Crippen LogP contribution in [0.4, 0.5) is 14.6 Å². The molecule has 1 amide bonds. The van der Waals surface area contributed by atoms with Crippen molar-refractivity contribution in [3.8, 4) is 11.3 Å². The number of carbonyl (C=O) groups excluding carboxylic acids is 1. The predicted molar refractivity (Wildman–Crippen MR) is 137 cm³/mol. The SMILES string of the molecule is Nc1ncc(C2CCOCC2)nc1-c1ccc(C(=O)N[C@@H]2CCCN(Cc3ccccc3F)C2)c(F)c1. The van der Waals surface area contributed by atoms with Gasteiger partial charge in [-0.15, -0.1) is 0 Å². The van der Waals surface area contributed by atoms with Gasteiger partial charge in [-0.2, -0.15) is 0 Å². The summed E-state index contributed by atoms with van der Waals surface area (Å²) in [4.78, 5) is 24.0. The van der Waals surface area contributed by atoms with Gasteiger partial charge in [0.25, 0.3) is 5.91 Å². The first-order valence-corrected chi connectivity index (χ1v) is 12.7. The Morgan fingerprint density at radius 1 is 1.11 bits per heavy atom. The Bertz CT molecular complexity index is 1270. The molecule has 1 atom stereocenters. The Kier molecular flexibility index (Phi) is 7.71. The van der Waals surface area contributed by atoms with Crippen molar-refractivity contribution in [1.82, 2.24) is 20.2 Å². The number of piperidine rings is 1. The number of ether oxygens (including phenoxy) is 1. The van der Waals surface area contributed by atoms with Crippen LogP contribution in [-0.4, -0.2) is 53.1 Å². The molecular weight excluding hydrogens is 476 g/mol. The summed E-state index contributed by atoms with van der Waals surface area (Å²) in [6.45, 7) is 3.21. The number of nitrogen functional groups attached to an aromatic ring is 1. The van der Waals surface area contributed by atoms with Crippen LogP contribution in [0.25, 0.3) is 11.3 Å².